The predicted molar refractivity (Wildman–Crippen MR) is 65.3 cm³/mol. The summed E-state index contributed by atoms with van der Waals surface area (Å²) >= 11 is 3.10. The normalized spacial score (nSPS) is 11.9. The molecule has 1 atom stereocenters. The van der Waals surface area contributed by atoms with Crippen LogP contribution < -0.4 is 10.5 Å². The van der Waals surface area contributed by atoms with Gasteiger partial charge in [-0.05, 0) is 18.1 Å². The number of alkyl halides is 1. The lowest BCUT2D eigenvalue weighted by Crippen LogP contribution is -2.24. The van der Waals surface area contributed by atoms with Crippen LogP contribution in [0.25, 0.3) is 0 Å². The van der Waals surface area contributed by atoms with Gasteiger partial charge in [0.2, 0.25) is 5.91 Å². The van der Waals surface area contributed by atoms with Gasteiger partial charge in [0.05, 0.1) is 16.9 Å². The molecular formula is C10H11BrN2O4. The van der Waals surface area contributed by atoms with Gasteiger partial charge >= 0.3 is 5.69 Å². The van der Waals surface area contributed by atoms with Crippen molar-refractivity contribution in [3.63, 3.8) is 0 Å². The molecule has 92 valence electrons. The van der Waals surface area contributed by atoms with Gasteiger partial charge in [0.1, 0.15) is 0 Å². The fourth-order valence-corrected chi connectivity index (χ4v) is 1.69. The van der Waals surface area contributed by atoms with Crippen LogP contribution in [0.3, 0.4) is 0 Å². The maximum atomic E-state index is 10.9. The number of hydrogen-bond acceptors (Lipinski definition) is 4. The third-order valence-electron chi connectivity index (χ3n) is 2.16. The average Bonchev–Trinajstić information content (AvgIpc) is 2.28. The van der Waals surface area contributed by atoms with Crippen molar-refractivity contribution in [1.82, 2.24) is 0 Å². The summed E-state index contributed by atoms with van der Waals surface area (Å²) in [6, 6.07) is 4.52. The van der Waals surface area contributed by atoms with Crippen LogP contribution in [0.2, 0.25) is 0 Å². The number of nitrogens with two attached hydrogens (primary N) is 1. The Balaban J connectivity index is 3.00. The van der Waals surface area contributed by atoms with Gasteiger partial charge in [0, 0.05) is 6.07 Å². The Kier molecular flexibility index (Phi) is 4.45. The second-order valence-electron chi connectivity index (χ2n) is 3.34. The van der Waals surface area contributed by atoms with Crippen molar-refractivity contribution in [1.29, 1.82) is 0 Å². The molecule has 0 aromatic heterocycles. The molecule has 6 nitrogen and oxygen atoms in total. The van der Waals surface area contributed by atoms with E-state index in [0.29, 0.717) is 12.0 Å². The molecular weight excluding hydrogens is 292 g/mol. The van der Waals surface area contributed by atoms with E-state index in [2.05, 4.69) is 15.9 Å². The fourth-order valence-electron chi connectivity index (χ4n) is 1.31. The number of rotatable bonds is 5. The molecule has 1 unspecified atom stereocenters. The molecule has 0 spiro atoms. The highest BCUT2D eigenvalue weighted by Crippen LogP contribution is 2.28. The second-order valence-corrected chi connectivity index (χ2v) is 4.44. The van der Waals surface area contributed by atoms with Crippen molar-refractivity contribution in [2.75, 3.05) is 7.11 Å². The van der Waals surface area contributed by atoms with Crippen LogP contribution in [0.4, 0.5) is 5.69 Å². The minimum Gasteiger partial charge on any atom is -0.490 e. The molecule has 0 aliphatic heterocycles. The number of hydrogen-bond donors (Lipinski definition) is 1. The van der Waals surface area contributed by atoms with E-state index in [9.17, 15) is 14.9 Å². The Morgan fingerprint density at radius 2 is 2.29 bits per heavy atom. The molecule has 1 amide bonds. The number of nitrogens with zero attached hydrogens (tertiary/aromatic N) is 1. The Morgan fingerprint density at radius 1 is 1.65 bits per heavy atom. The Morgan fingerprint density at radius 3 is 2.76 bits per heavy atom. The van der Waals surface area contributed by atoms with Gasteiger partial charge in [-0.25, -0.2) is 0 Å². The van der Waals surface area contributed by atoms with E-state index in [1.807, 2.05) is 0 Å². The number of carbonyl (C=O) groups is 1. The molecule has 0 saturated carbocycles. The average molecular weight is 303 g/mol. The van der Waals surface area contributed by atoms with E-state index in [0.717, 1.165) is 0 Å². The number of amides is 1. The van der Waals surface area contributed by atoms with Gasteiger partial charge in [0.15, 0.2) is 5.75 Å². The Hall–Kier alpha value is -1.63. The van der Waals surface area contributed by atoms with Crippen LogP contribution >= 0.6 is 15.9 Å². The van der Waals surface area contributed by atoms with E-state index < -0.39 is 15.7 Å². The highest BCUT2D eigenvalue weighted by molar-refractivity contribution is 9.10. The van der Waals surface area contributed by atoms with E-state index in [4.69, 9.17) is 10.5 Å². The van der Waals surface area contributed by atoms with Crippen molar-refractivity contribution >= 4 is 27.5 Å². The first-order valence-electron chi connectivity index (χ1n) is 4.70. The van der Waals surface area contributed by atoms with Gasteiger partial charge in [-0.2, -0.15) is 0 Å². The summed E-state index contributed by atoms with van der Waals surface area (Å²) in [5.74, 6) is -0.326. The van der Waals surface area contributed by atoms with Crippen LogP contribution in [0, 0.1) is 10.1 Å². The summed E-state index contributed by atoms with van der Waals surface area (Å²) in [4.78, 5) is 20.6. The summed E-state index contributed by atoms with van der Waals surface area (Å²) < 4.78 is 4.87. The molecule has 0 fully saturated rings. The highest BCUT2D eigenvalue weighted by Gasteiger charge is 2.18. The molecule has 0 heterocycles. The smallest absolute Gasteiger partial charge is 0.311 e. The van der Waals surface area contributed by atoms with E-state index in [-0.39, 0.29) is 11.4 Å². The molecule has 7 heteroatoms. The molecule has 17 heavy (non-hydrogen) atoms. The molecule has 0 bridgehead atoms. The van der Waals surface area contributed by atoms with Gasteiger partial charge < -0.3 is 10.5 Å². The minimum absolute atomic E-state index is 0.130. The predicted octanol–water partition coefficient (Wildman–Crippen LogP) is 1.39. The number of methoxy groups -OCH3 is 1. The highest BCUT2D eigenvalue weighted by atomic mass is 79.9. The number of primary amides is 1. The Bertz CT molecular complexity index is 450. The molecule has 1 aromatic carbocycles. The number of halogens is 1. The molecule has 1 aromatic rings. The summed E-state index contributed by atoms with van der Waals surface area (Å²) in [5, 5.41) is 10.8. The van der Waals surface area contributed by atoms with Crippen molar-refractivity contribution in [3.05, 3.63) is 33.9 Å². The summed E-state index contributed by atoms with van der Waals surface area (Å²) in [6.07, 6.45) is 0.292. The van der Waals surface area contributed by atoms with E-state index >= 15 is 0 Å². The monoisotopic (exact) mass is 302 g/mol. The van der Waals surface area contributed by atoms with Crippen molar-refractivity contribution in [2.24, 2.45) is 5.73 Å². The molecule has 0 saturated heterocycles. The second kappa shape index (κ2) is 5.62. The van der Waals surface area contributed by atoms with Crippen LogP contribution in [0.1, 0.15) is 5.56 Å². The lowest BCUT2D eigenvalue weighted by molar-refractivity contribution is -0.385. The summed E-state index contributed by atoms with van der Waals surface area (Å²) in [7, 11) is 1.36. The third-order valence-corrected chi connectivity index (χ3v) is 2.94. The van der Waals surface area contributed by atoms with Gasteiger partial charge in [-0.3, -0.25) is 14.9 Å². The summed E-state index contributed by atoms with van der Waals surface area (Å²) in [6.45, 7) is 0. The topological polar surface area (TPSA) is 95.5 Å². The maximum Gasteiger partial charge on any atom is 0.311 e. The number of benzene rings is 1. The van der Waals surface area contributed by atoms with Crippen molar-refractivity contribution in [3.8, 4) is 5.75 Å². The molecule has 0 aliphatic carbocycles. The van der Waals surface area contributed by atoms with E-state index in [1.54, 1.807) is 6.07 Å². The number of carbonyl (C=O) groups excluding carboxylic acids is 1. The van der Waals surface area contributed by atoms with Crippen LogP contribution in [0.15, 0.2) is 18.2 Å². The van der Waals surface area contributed by atoms with Gasteiger partial charge in [-0.1, -0.05) is 22.0 Å². The zero-order chi connectivity index (χ0) is 13.0. The molecule has 1 rings (SSSR count). The third kappa shape index (κ3) is 3.42. The standard InChI is InChI=1S/C10H11BrN2O4/c1-17-9-3-2-6(4-7(11)10(12)14)5-8(9)13(15)16/h2-3,5,7H,4H2,1H3,(H2,12,14). The van der Waals surface area contributed by atoms with Crippen molar-refractivity contribution < 1.29 is 14.5 Å². The fraction of sp³-hybridized carbons (Fsp3) is 0.300. The number of ether oxygens (including phenoxy) is 1. The van der Waals surface area contributed by atoms with Crippen LogP contribution in [0.5, 0.6) is 5.75 Å². The summed E-state index contributed by atoms with van der Waals surface area (Å²) in [5.41, 5.74) is 5.60. The van der Waals surface area contributed by atoms with Crippen molar-refractivity contribution in [2.45, 2.75) is 11.2 Å². The quantitative estimate of drug-likeness (QED) is 0.505. The lowest BCUT2D eigenvalue weighted by atomic mass is 10.1. The SMILES string of the molecule is COc1ccc(CC(Br)C(N)=O)cc1[N+](=O)[O-]. The molecule has 0 aliphatic rings. The van der Waals surface area contributed by atoms with Gasteiger partial charge in [0.25, 0.3) is 0 Å². The Labute approximate surface area is 106 Å². The van der Waals surface area contributed by atoms with Crippen LogP contribution in [-0.4, -0.2) is 22.8 Å². The zero-order valence-corrected chi connectivity index (χ0v) is 10.6. The molecule has 2 N–H and O–H groups in total. The number of nitro benzene ring substituents is 1. The first-order valence-corrected chi connectivity index (χ1v) is 5.62. The van der Waals surface area contributed by atoms with E-state index in [1.165, 1.54) is 19.2 Å². The minimum atomic E-state index is -0.546. The first-order chi connectivity index (χ1) is 7.95. The van der Waals surface area contributed by atoms with Gasteiger partial charge in [-0.15, -0.1) is 0 Å². The largest absolute Gasteiger partial charge is 0.490 e. The number of nitro groups is 1. The maximum absolute atomic E-state index is 10.9. The zero-order valence-electron chi connectivity index (χ0n) is 9.05. The van der Waals surface area contributed by atoms with Crippen LogP contribution in [-0.2, 0) is 11.2 Å². The lowest BCUT2D eigenvalue weighted by Gasteiger charge is -2.07. The molecule has 0 radical (unpaired) electrons. The first kappa shape index (κ1) is 13.4.